The zero-order chi connectivity index (χ0) is 10.0. The smallest absolute Gasteiger partial charge is 0.163 e. The summed E-state index contributed by atoms with van der Waals surface area (Å²) in [6.07, 6.45) is 9.93. The predicted molar refractivity (Wildman–Crippen MR) is 55.9 cm³/mol. The first-order chi connectivity index (χ1) is 6.73. The lowest BCUT2D eigenvalue weighted by Gasteiger charge is -2.23. The van der Waals surface area contributed by atoms with Crippen molar-refractivity contribution in [3.63, 3.8) is 0 Å². The van der Waals surface area contributed by atoms with Crippen LogP contribution >= 0.6 is 11.6 Å². The van der Waals surface area contributed by atoms with Crippen molar-refractivity contribution in [1.82, 2.24) is 9.97 Å². The van der Waals surface area contributed by atoms with Gasteiger partial charge in [0.15, 0.2) is 5.06 Å². The highest BCUT2D eigenvalue weighted by Gasteiger charge is 2.24. The van der Waals surface area contributed by atoms with Crippen LogP contribution in [0.15, 0.2) is 30.6 Å². The molecule has 0 bridgehead atoms. The van der Waals surface area contributed by atoms with Gasteiger partial charge in [-0.15, -0.1) is 0 Å². The van der Waals surface area contributed by atoms with Crippen molar-refractivity contribution in [1.29, 1.82) is 0 Å². The van der Waals surface area contributed by atoms with Gasteiger partial charge in [-0.2, -0.15) is 0 Å². The van der Waals surface area contributed by atoms with Gasteiger partial charge >= 0.3 is 0 Å². The first kappa shape index (κ1) is 9.49. The van der Waals surface area contributed by atoms with Crippen molar-refractivity contribution < 1.29 is 4.74 Å². The van der Waals surface area contributed by atoms with Crippen LogP contribution in [0, 0.1) is 0 Å². The van der Waals surface area contributed by atoms with Crippen LogP contribution in [0.25, 0.3) is 5.57 Å². The third-order valence-corrected chi connectivity index (χ3v) is 2.66. The molecule has 1 unspecified atom stereocenters. The summed E-state index contributed by atoms with van der Waals surface area (Å²) in [6.45, 7) is 0. The van der Waals surface area contributed by atoms with Crippen molar-refractivity contribution in [3.8, 4) is 0 Å². The Morgan fingerprint density at radius 3 is 3.00 bits per heavy atom. The number of nitrogens with one attached hydrogen (secondary N) is 1. The molecule has 3 nitrogen and oxygen atoms in total. The SMILES string of the molecule is COC1(Cl)C=CC(c2ncc[nH]2)=CC1. The summed E-state index contributed by atoms with van der Waals surface area (Å²) in [5.41, 5.74) is 1.04. The van der Waals surface area contributed by atoms with E-state index >= 15 is 0 Å². The average molecular weight is 211 g/mol. The van der Waals surface area contributed by atoms with Gasteiger partial charge in [0.2, 0.25) is 0 Å². The fraction of sp³-hybridized carbons (Fsp3) is 0.300. The summed E-state index contributed by atoms with van der Waals surface area (Å²) in [7, 11) is 1.60. The van der Waals surface area contributed by atoms with E-state index in [2.05, 4.69) is 9.97 Å². The highest BCUT2D eigenvalue weighted by atomic mass is 35.5. The van der Waals surface area contributed by atoms with Crippen molar-refractivity contribution in [2.45, 2.75) is 11.5 Å². The Kier molecular flexibility index (Phi) is 2.44. The molecule has 1 aliphatic carbocycles. The lowest BCUT2D eigenvalue weighted by atomic mass is 10.0. The number of aromatic amines is 1. The number of allylic oxidation sites excluding steroid dienone is 2. The van der Waals surface area contributed by atoms with Crippen LogP contribution in [0.4, 0.5) is 0 Å². The maximum Gasteiger partial charge on any atom is 0.163 e. The molecule has 1 aliphatic rings. The largest absolute Gasteiger partial charge is 0.359 e. The molecule has 1 heterocycles. The Labute approximate surface area is 87.4 Å². The minimum Gasteiger partial charge on any atom is -0.359 e. The van der Waals surface area contributed by atoms with Crippen LogP contribution in [0.2, 0.25) is 0 Å². The zero-order valence-corrected chi connectivity index (χ0v) is 8.58. The lowest BCUT2D eigenvalue weighted by molar-refractivity contribution is 0.106. The Morgan fingerprint density at radius 2 is 2.50 bits per heavy atom. The number of hydrogen-bond donors (Lipinski definition) is 1. The number of methoxy groups -OCH3 is 1. The monoisotopic (exact) mass is 210 g/mol. The molecule has 0 aliphatic heterocycles. The number of aromatic nitrogens is 2. The van der Waals surface area contributed by atoms with Gasteiger partial charge in [0.25, 0.3) is 0 Å². The number of ether oxygens (including phenoxy) is 1. The van der Waals surface area contributed by atoms with Crippen LogP contribution in [-0.2, 0) is 4.74 Å². The third-order valence-electron chi connectivity index (χ3n) is 2.22. The minimum atomic E-state index is -0.684. The molecule has 1 N–H and O–H groups in total. The first-order valence-electron chi connectivity index (χ1n) is 4.37. The quantitative estimate of drug-likeness (QED) is 0.761. The Hall–Kier alpha value is -1.06. The highest BCUT2D eigenvalue weighted by molar-refractivity contribution is 6.24. The number of nitrogens with zero attached hydrogens (tertiary/aromatic N) is 1. The Balaban J connectivity index is 2.18. The summed E-state index contributed by atoms with van der Waals surface area (Å²) in [4.78, 5) is 7.19. The van der Waals surface area contributed by atoms with E-state index in [0.717, 1.165) is 11.4 Å². The molecule has 0 amide bonds. The summed E-state index contributed by atoms with van der Waals surface area (Å²) in [6, 6.07) is 0. The number of imidazole rings is 1. The van der Waals surface area contributed by atoms with Gasteiger partial charge in [-0.3, -0.25) is 0 Å². The maximum atomic E-state index is 6.10. The highest BCUT2D eigenvalue weighted by Crippen LogP contribution is 2.30. The molecule has 0 aromatic carbocycles. The average Bonchev–Trinajstić information content (AvgIpc) is 2.72. The molecule has 0 saturated carbocycles. The van der Waals surface area contributed by atoms with Gasteiger partial charge in [0.05, 0.1) is 0 Å². The second-order valence-electron chi connectivity index (χ2n) is 3.13. The van der Waals surface area contributed by atoms with Crippen molar-refractivity contribution in [2.75, 3.05) is 7.11 Å². The lowest BCUT2D eigenvalue weighted by Crippen LogP contribution is -2.21. The van der Waals surface area contributed by atoms with Gasteiger partial charge in [0.1, 0.15) is 5.82 Å². The Morgan fingerprint density at radius 1 is 1.64 bits per heavy atom. The van der Waals surface area contributed by atoms with E-state index < -0.39 is 5.06 Å². The molecule has 74 valence electrons. The number of hydrogen-bond acceptors (Lipinski definition) is 2. The molecule has 0 radical (unpaired) electrons. The standard InChI is InChI=1S/C10H11ClN2O/c1-14-10(11)4-2-8(3-5-10)9-12-6-7-13-9/h2-4,6-7H,5H2,1H3,(H,12,13). The van der Waals surface area contributed by atoms with Crippen LogP contribution in [-0.4, -0.2) is 22.1 Å². The van der Waals surface area contributed by atoms with E-state index in [1.165, 1.54) is 0 Å². The summed E-state index contributed by atoms with van der Waals surface area (Å²) in [5, 5.41) is -0.684. The fourth-order valence-electron chi connectivity index (χ4n) is 1.35. The van der Waals surface area contributed by atoms with E-state index in [0.29, 0.717) is 6.42 Å². The fourth-order valence-corrected chi connectivity index (χ4v) is 1.49. The van der Waals surface area contributed by atoms with Crippen molar-refractivity contribution in [3.05, 3.63) is 36.4 Å². The third kappa shape index (κ3) is 1.74. The van der Waals surface area contributed by atoms with E-state index in [1.54, 1.807) is 19.5 Å². The second kappa shape index (κ2) is 3.59. The second-order valence-corrected chi connectivity index (χ2v) is 3.76. The first-order valence-corrected chi connectivity index (χ1v) is 4.74. The molecule has 14 heavy (non-hydrogen) atoms. The van der Waals surface area contributed by atoms with Gasteiger partial charge in [0, 0.05) is 31.5 Å². The summed E-state index contributed by atoms with van der Waals surface area (Å²) >= 11 is 6.10. The van der Waals surface area contributed by atoms with E-state index in [1.807, 2.05) is 18.2 Å². The summed E-state index contributed by atoms with van der Waals surface area (Å²) in [5.74, 6) is 0.857. The van der Waals surface area contributed by atoms with Crippen LogP contribution in [0.1, 0.15) is 12.2 Å². The van der Waals surface area contributed by atoms with Crippen molar-refractivity contribution in [2.24, 2.45) is 0 Å². The molecule has 1 aromatic rings. The van der Waals surface area contributed by atoms with Gasteiger partial charge in [-0.05, 0) is 6.08 Å². The Bertz CT molecular complexity index is 369. The van der Waals surface area contributed by atoms with Crippen LogP contribution in [0.5, 0.6) is 0 Å². The van der Waals surface area contributed by atoms with Gasteiger partial charge < -0.3 is 9.72 Å². The van der Waals surface area contributed by atoms with E-state index in [-0.39, 0.29) is 0 Å². The number of rotatable bonds is 2. The van der Waals surface area contributed by atoms with Gasteiger partial charge in [-0.25, -0.2) is 4.98 Å². The van der Waals surface area contributed by atoms with E-state index in [4.69, 9.17) is 16.3 Å². The molecule has 0 spiro atoms. The molecule has 1 atom stereocenters. The number of alkyl halides is 1. The van der Waals surface area contributed by atoms with E-state index in [9.17, 15) is 0 Å². The minimum absolute atomic E-state index is 0.650. The molecular formula is C10H11ClN2O. The van der Waals surface area contributed by atoms with Crippen LogP contribution < -0.4 is 0 Å². The molecule has 4 heteroatoms. The molecule has 0 fully saturated rings. The number of H-pyrrole nitrogens is 1. The predicted octanol–water partition coefficient (Wildman–Crippen LogP) is 2.33. The molecule has 0 saturated heterocycles. The topological polar surface area (TPSA) is 37.9 Å². The molecule has 2 rings (SSSR count). The van der Waals surface area contributed by atoms with Crippen LogP contribution in [0.3, 0.4) is 0 Å². The summed E-state index contributed by atoms with van der Waals surface area (Å²) < 4.78 is 5.15. The number of halogens is 1. The zero-order valence-electron chi connectivity index (χ0n) is 7.83. The van der Waals surface area contributed by atoms with Gasteiger partial charge in [-0.1, -0.05) is 23.8 Å². The maximum absolute atomic E-state index is 6.10. The molecular weight excluding hydrogens is 200 g/mol. The van der Waals surface area contributed by atoms with Crippen molar-refractivity contribution >= 4 is 17.2 Å². The normalized spacial score (nSPS) is 26.3. The molecule has 1 aromatic heterocycles.